The molecule has 9 heteroatoms. The zero-order valence-corrected chi connectivity index (χ0v) is 22.2. The molecule has 2 aliphatic rings. The van der Waals surface area contributed by atoms with Gasteiger partial charge in [0, 0.05) is 40.3 Å². The first kappa shape index (κ1) is 24.8. The molecular formula is C24H26BrCl3N4O. The molecular weight excluding hydrogens is 547 g/mol. The quantitative estimate of drug-likeness (QED) is 0.349. The van der Waals surface area contributed by atoms with E-state index in [-0.39, 0.29) is 17.9 Å². The summed E-state index contributed by atoms with van der Waals surface area (Å²) in [5, 5.41) is 9.63. The molecule has 0 aliphatic carbocycles. The molecule has 0 saturated carbocycles. The van der Waals surface area contributed by atoms with Crippen molar-refractivity contribution in [3.05, 3.63) is 62.5 Å². The van der Waals surface area contributed by atoms with E-state index in [1.807, 2.05) is 40.3 Å². The number of anilines is 1. The number of halogens is 4. The van der Waals surface area contributed by atoms with Gasteiger partial charge in [-0.3, -0.25) is 9.80 Å². The molecule has 1 fully saturated rings. The van der Waals surface area contributed by atoms with Gasteiger partial charge in [-0.05, 0) is 55.2 Å². The molecule has 33 heavy (non-hydrogen) atoms. The SMILES string of the molecule is CC[C@@H]1C(C(=O)N(Cl)N2CCCCCC2)=NN(c2ccc(Cl)cc2Cl)[C@H]1c1ccc(Br)cc1. The smallest absolute Gasteiger partial charge is 0.265 e. The first-order chi connectivity index (χ1) is 15.9. The Balaban J connectivity index is 1.74. The first-order valence-electron chi connectivity index (χ1n) is 11.2. The summed E-state index contributed by atoms with van der Waals surface area (Å²) in [7, 11) is 0. The van der Waals surface area contributed by atoms with Crippen LogP contribution >= 0.6 is 50.9 Å². The summed E-state index contributed by atoms with van der Waals surface area (Å²) < 4.78 is 2.23. The second-order valence-electron chi connectivity index (χ2n) is 8.37. The molecule has 2 aromatic rings. The Labute approximate surface area is 218 Å². The highest BCUT2D eigenvalue weighted by molar-refractivity contribution is 9.10. The van der Waals surface area contributed by atoms with Crippen LogP contribution < -0.4 is 5.01 Å². The third kappa shape index (κ3) is 5.35. The molecule has 0 unspecified atom stereocenters. The van der Waals surface area contributed by atoms with E-state index in [4.69, 9.17) is 40.1 Å². The van der Waals surface area contributed by atoms with Crippen molar-refractivity contribution >= 4 is 68.2 Å². The number of hydrogen-bond acceptors (Lipinski definition) is 4. The molecule has 0 N–H and O–H groups in total. The summed E-state index contributed by atoms with van der Waals surface area (Å²) in [6.07, 6.45) is 5.07. The van der Waals surface area contributed by atoms with Crippen LogP contribution in [0.25, 0.3) is 0 Å². The van der Waals surface area contributed by atoms with E-state index >= 15 is 0 Å². The standard InChI is InChI=1S/C24H26BrCl3N4O/c1-2-19-22(24(33)32(28)30-13-5-3-4-6-14-30)29-31(21-12-11-18(26)15-20(21)27)23(19)16-7-9-17(25)10-8-16/h7-12,15,19,23H,2-6,13-14H2,1H3/t19-,23+/m1/s1. The number of hydrazone groups is 1. The van der Waals surface area contributed by atoms with Gasteiger partial charge in [-0.1, -0.05) is 71.0 Å². The largest absolute Gasteiger partial charge is 0.299 e. The molecule has 2 heterocycles. The molecule has 2 atom stereocenters. The average Bonchev–Trinajstić information content (AvgIpc) is 2.97. The van der Waals surface area contributed by atoms with Gasteiger partial charge in [-0.2, -0.15) is 9.63 Å². The summed E-state index contributed by atoms with van der Waals surface area (Å²) in [6, 6.07) is 13.2. The molecule has 2 aliphatic heterocycles. The molecule has 0 spiro atoms. The minimum Gasteiger partial charge on any atom is -0.265 e. The molecule has 2 aromatic carbocycles. The third-order valence-corrected chi connectivity index (χ3v) is 7.67. The fourth-order valence-corrected chi connectivity index (χ4v) is 5.54. The Hall–Kier alpha value is -1.31. The third-order valence-electron chi connectivity index (χ3n) is 6.24. The molecule has 0 aromatic heterocycles. The Morgan fingerprint density at radius 1 is 1.09 bits per heavy atom. The van der Waals surface area contributed by atoms with E-state index in [0.717, 1.165) is 55.2 Å². The van der Waals surface area contributed by atoms with E-state index in [1.165, 1.54) is 4.53 Å². The van der Waals surface area contributed by atoms with Gasteiger partial charge < -0.3 is 0 Å². The zero-order chi connectivity index (χ0) is 23.5. The van der Waals surface area contributed by atoms with E-state index in [1.54, 1.807) is 12.1 Å². The van der Waals surface area contributed by atoms with Crippen LogP contribution in [-0.2, 0) is 4.79 Å². The van der Waals surface area contributed by atoms with E-state index < -0.39 is 0 Å². The van der Waals surface area contributed by atoms with Crippen LogP contribution in [0.4, 0.5) is 5.69 Å². The van der Waals surface area contributed by atoms with Gasteiger partial charge >= 0.3 is 0 Å². The topological polar surface area (TPSA) is 39.2 Å². The Morgan fingerprint density at radius 2 is 1.76 bits per heavy atom. The molecule has 1 amide bonds. The van der Waals surface area contributed by atoms with Gasteiger partial charge in [0.15, 0.2) is 0 Å². The summed E-state index contributed by atoms with van der Waals surface area (Å²) in [6.45, 7) is 3.60. The lowest BCUT2D eigenvalue weighted by atomic mass is 9.87. The second kappa shape index (κ2) is 11.0. The number of benzene rings is 2. The fourth-order valence-electron chi connectivity index (χ4n) is 4.55. The van der Waals surface area contributed by atoms with Crippen LogP contribution in [0.2, 0.25) is 10.0 Å². The van der Waals surface area contributed by atoms with Gasteiger partial charge in [0.1, 0.15) is 5.71 Å². The van der Waals surface area contributed by atoms with Crippen molar-refractivity contribution in [3.8, 4) is 0 Å². The number of hydrogen-bond donors (Lipinski definition) is 0. The number of amides is 1. The van der Waals surface area contributed by atoms with E-state index in [9.17, 15) is 4.79 Å². The van der Waals surface area contributed by atoms with Crippen molar-refractivity contribution in [1.29, 1.82) is 0 Å². The lowest BCUT2D eigenvalue weighted by Gasteiger charge is -2.30. The van der Waals surface area contributed by atoms with Crippen LogP contribution in [0, 0.1) is 5.92 Å². The lowest BCUT2D eigenvalue weighted by Crippen LogP contribution is -2.45. The molecule has 5 nitrogen and oxygen atoms in total. The van der Waals surface area contributed by atoms with Gasteiger partial charge in [0.2, 0.25) is 0 Å². The molecule has 4 rings (SSSR count). The number of carbonyl (C=O) groups is 1. The average molecular weight is 573 g/mol. The van der Waals surface area contributed by atoms with Gasteiger partial charge in [0.25, 0.3) is 5.91 Å². The predicted molar refractivity (Wildman–Crippen MR) is 140 cm³/mol. The van der Waals surface area contributed by atoms with Crippen LogP contribution in [0.1, 0.15) is 50.6 Å². The first-order valence-corrected chi connectivity index (χ1v) is 13.1. The maximum atomic E-state index is 13.6. The number of hydrazine groups is 1. The highest BCUT2D eigenvalue weighted by atomic mass is 79.9. The second-order valence-corrected chi connectivity index (χ2v) is 10.4. The van der Waals surface area contributed by atoms with Gasteiger partial charge in [0.05, 0.1) is 16.8 Å². The van der Waals surface area contributed by atoms with Crippen molar-refractivity contribution in [2.24, 2.45) is 11.0 Å². The number of nitrogens with zero attached hydrogens (tertiary/aromatic N) is 4. The van der Waals surface area contributed by atoms with Gasteiger partial charge in [-0.25, -0.2) is 5.01 Å². The van der Waals surface area contributed by atoms with Crippen molar-refractivity contribution in [3.63, 3.8) is 0 Å². The normalized spacial score (nSPS) is 21.6. The fraction of sp³-hybridized carbons (Fsp3) is 0.417. The number of rotatable bonds is 5. The van der Waals surface area contributed by atoms with Crippen molar-refractivity contribution in [2.45, 2.75) is 45.1 Å². The van der Waals surface area contributed by atoms with Crippen LogP contribution in [-0.4, -0.2) is 34.2 Å². The Kier molecular flexibility index (Phi) is 8.24. The maximum Gasteiger partial charge on any atom is 0.299 e. The number of carbonyl (C=O) groups excluding carboxylic acids is 1. The molecule has 0 radical (unpaired) electrons. The Morgan fingerprint density at radius 3 is 2.36 bits per heavy atom. The van der Waals surface area contributed by atoms with Crippen molar-refractivity contribution in [1.82, 2.24) is 9.54 Å². The monoisotopic (exact) mass is 570 g/mol. The van der Waals surface area contributed by atoms with Crippen molar-refractivity contribution in [2.75, 3.05) is 18.1 Å². The van der Waals surface area contributed by atoms with Crippen LogP contribution in [0.3, 0.4) is 0 Å². The zero-order valence-electron chi connectivity index (χ0n) is 18.4. The summed E-state index contributed by atoms with van der Waals surface area (Å²) in [5.41, 5.74) is 2.18. The summed E-state index contributed by atoms with van der Waals surface area (Å²) in [5.74, 6) is -0.432. The minimum atomic E-state index is -0.278. The highest BCUT2D eigenvalue weighted by Crippen LogP contribution is 2.44. The lowest BCUT2D eigenvalue weighted by molar-refractivity contribution is -0.130. The minimum absolute atomic E-state index is 0.154. The Bertz CT molecular complexity index is 1020. The summed E-state index contributed by atoms with van der Waals surface area (Å²) in [4.78, 5) is 13.6. The molecule has 0 bridgehead atoms. The molecule has 176 valence electrons. The van der Waals surface area contributed by atoms with Crippen LogP contribution in [0.5, 0.6) is 0 Å². The van der Waals surface area contributed by atoms with E-state index in [0.29, 0.717) is 21.4 Å². The summed E-state index contributed by atoms with van der Waals surface area (Å²) >= 11 is 22.8. The predicted octanol–water partition coefficient (Wildman–Crippen LogP) is 7.47. The molecule has 1 saturated heterocycles. The highest BCUT2D eigenvalue weighted by Gasteiger charge is 2.43. The van der Waals surface area contributed by atoms with Crippen LogP contribution in [0.15, 0.2) is 52.0 Å². The maximum absolute atomic E-state index is 13.6. The van der Waals surface area contributed by atoms with E-state index in [2.05, 4.69) is 22.9 Å². The van der Waals surface area contributed by atoms with Crippen molar-refractivity contribution < 1.29 is 4.79 Å². The van der Waals surface area contributed by atoms with Gasteiger partial charge in [-0.15, -0.1) is 0 Å².